The first-order valence-electron chi connectivity index (χ1n) is 9.16. The van der Waals surface area contributed by atoms with E-state index < -0.39 is 28.8 Å². The van der Waals surface area contributed by atoms with Crippen LogP contribution in [0.25, 0.3) is 0 Å². The third-order valence-corrected chi connectivity index (χ3v) is 7.30. The molecule has 0 radical (unpaired) electrons. The molecule has 2 fully saturated rings. The van der Waals surface area contributed by atoms with Gasteiger partial charge in [-0.2, -0.15) is 0 Å². The Balaban J connectivity index is 1.61. The molecular weight excluding hydrogens is 376 g/mol. The highest BCUT2D eigenvalue weighted by atomic mass is 32.2. The van der Waals surface area contributed by atoms with E-state index in [2.05, 4.69) is 4.98 Å². The summed E-state index contributed by atoms with van der Waals surface area (Å²) < 4.78 is 4.85. The van der Waals surface area contributed by atoms with E-state index in [0.717, 1.165) is 5.56 Å². The fraction of sp³-hybridized carbons (Fsp3) is 0.381. The number of esters is 1. The Bertz CT molecular complexity index is 890. The molecule has 0 bridgehead atoms. The number of rotatable bonds is 5. The lowest BCUT2D eigenvalue weighted by Crippen LogP contribution is -2.71. The summed E-state index contributed by atoms with van der Waals surface area (Å²) in [5, 5.41) is 10.0. The van der Waals surface area contributed by atoms with Crippen molar-refractivity contribution < 1.29 is 19.4 Å². The SMILES string of the molecule is CC1(C)S[C@@H]2C(c3ccccn3)C(=O)N2[C@@]1(CO)C(=O)OCc1ccccc1. The molecule has 3 atom stereocenters. The molecule has 0 saturated carbocycles. The van der Waals surface area contributed by atoms with Gasteiger partial charge < -0.3 is 14.7 Å². The lowest BCUT2D eigenvalue weighted by Gasteiger charge is -2.49. The number of nitrogens with zero attached hydrogens (tertiary/aromatic N) is 2. The van der Waals surface area contributed by atoms with Gasteiger partial charge in [0.2, 0.25) is 5.91 Å². The van der Waals surface area contributed by atoms with Gasteiger partial charge in [0.25, 0.3) is 0 Å². The van der Waals surface area contributed by atoms with Crippen molar-refractivity contribution in [1.82, 2.24) is 9.88 Å². The van der Waals surface area contributed by atoms with Crippen LogP contribution < -0.4 is 0 Å². The third-order valence-electron chi connectivity index (χ3n) is 5.65. The molecule has 1 aromatic carbocycles. The van der Waals surface area contributed by atoms with Crippen molar-refractivity contribution in [2.45, 2.75) is 42.0 Å². The average molecular weight is 398 g/mol. The third kappa shape index (κ3) is 2.64. The monoisotopic (exact) mass is 398 g/mol. The Kier molecular flexibility index (Phi) is 4.67. The first kappa shape index (κ1) is 19.0. The van der Waals surface area contributed by atoms with Gasteiger partial charge in [0.1, 0.15) is 12.5 Å². The van der Waals surface area contributed by atoms with Crippen LogP contribution in [0.5, 0.6) is 0 Å². The number of amides is 1. The van der Waals surface area contributed by atoms with Crippen LogP contribution in [0.2, 0.25) is 0 Å². The molecule has 4 rings (SSSR count). The zero-order valence-corrected chi connectivity index (χ0v) is 16.6. The van der Waals surface area contributed by atoms with Gasteiger partial charge in [-0.1, -0.05) is 36.4 Å². The molecule has 1 amide bonds. The number of pyridine rings is 1. The summed E-state index contributed by atoms with van der Waals surface area (Å²) in [6.07, 6.45) is 1.66. The highest BCUT2D eigenvalue weighted by molar-refractivity contribution is 8.01. The van der Waals surface area contributed by atoms with Crippen molar-refractivity contribution in [1.29, 1.82) is 0 Å². The molecule has 1 unspecified atom stereocenters. The van der Waals surface area contributed by atoms with Crippen LogP contribution in [-0.4, -0.2) is 49.1 Å². The first-order valence-corrected chi connectivity index (χ1v) is 10.0. The van der Waals surface area contributed by atoms with Gasteiger partial charge >= 0.3 is 5.97 Å². The van der Waals surface area contributed by atoms with Gasteiger partial charge in [-0.05, 0) is 31.5 Å². The number of carbonyl (C=O) groups excluding carboxylic acids is 2. The number of fused-ring (bicyclic) bond motifs is 1. The molecule has 2 aromatic rings. The number of aliphatic hydroxyl groups is 1. The summed E-state index contributed by atoms with van der Waals surface area (Å²) in [5.74, 6) is -1.19. The number of ether oxygens (including phenoxy) is 1. The van der Waals surface area contributed by atoms with Crippen LogP contribution >= 0.6 is 11.8 Å². The molecule has 2 aliphatic rings. The summed E-state index contributed by atoms with van der Waals surface area (Å²) in [5.41, 5.74) is 0.119. The largest absolute Gasteiger partial charge is 0.459 e. The van der Waals surface area contributed by atoms with E-state index in [4.69, 9.17) is 4.74 Å². The van der Waals surface area contributed by atoms with Crippen molar-refractivity contribution in [3.8, 4) is 0 Å². The number of aliphatic hydroxyl groups excluding tert-OH is 1. The summed E-state index contributed by atoms with van der Waals surface area (Å²) >= 11 is 1.51. The first-order chi connectivity index (χ1) is 13.4. The number of benzene rings is 1. The topological polar surface area (TPSA) is 79.7 Å². The smallest absolute Gasteiger partial charge is 0.336 e. The number of aromatic nitrogens is 1. The highest BCUT2D eigenvalue weighted by Gasteiger charge is 2.73. The molecule has 1 aromatic heterocycles. The molecule has 0 aliphatic carbocycles. The minimum atomic E-state index is -1.42. The van der Waals surface area contributed by atoms with Crippen molar-refractivity contribution >= 4 is 23.6 Å². The quantitative estimate of drug-likeness (QED) is 0.615. The van der Waals surface area contributed by atoms with Gasteiger partial charge in [0, 0.05) is 10.9 Å². The maximum Gasteiger partial charge on any atom is 0.336 e. The summed E-state index contributed by atoms with van der Waals surface area (Å²) in [6, 6.07) is 14.8. The second-order valence-electron chi connectivity index (χ2n) is 7.54. The van der Waals surface area contributed by atoms with Gasteiger partial charge in [-0.15, -0.1) is 11.8 Å². The summed E-state index contributed by atoms with van der Waals surface area (Å²) in [7, 11) is 0. The average Bonchev–Trinajstić information content (AvgIpc) is 2.91. The fourth-order valence-electron chi connectivity index (χ4n) is 4.03. The Morgan fingerprint density at radius 2 is 1.93 bits per heavy atom. The van der Waals surface area contributed by atoms with Crippen LogP contribution in [0.1, 0.15) is 31.0 Å². The molecule has 6 nitrogen and oxygen atoms in total. The Morgan fingerprint density at radius 3 is 2.57 bits per heavy atom. The van der Waals surface area contributed by atoms with Gasteiger partial charge in [0.05, 0.1) is 17.7 Å². The molecule has 0 spiro atoms. The van der Waals surface area contributed by atoms with E-state index in [1.165, 1.54) is 16.7 Å². The number of carbonyl (C=O) groups is 2. The lowest BCUT2D eigenvalue weighted by molar-refractivity contribution is -0.179. The molecule has 2 saturated heterocycles. The highest BCUT2D eigenvalue weighted by Crippen LogP contribution is 2.61. The molecule has 28 heavy (non-hydrogen) atoms. The standard InChI is InChI=1S/C21H22N2O4S/c1-20(2)21(13-24,19(26)27-12-14-8-4-3-5-9-14)23-17(25)16(18(23)28-20)15-10-6-7-11-22-15/h3-11,16,18,24H,12-13H2,1-2H3/t16?,18-,21+/m1/s1. The predicted octanol–water partition coefficient (Wildman–Crippen LogP) is 2.33. The van der Waals surface area contributed by atoms with E-state index in [-0.39, 0.29) is 17.9 Å². The van der Waals surface area contributed by atoms with Gasteiger partial charge in [-0.25, -0.2) is 4.79 Å². The summed E-state index contributed by atoms with van der Waals surface area (Å²) in [6.45, 7) is 3.35. The van der Waals surface area contributed by atoms with Crippen molar-refractivity contribution in [3.05, 3.63) is 66.0 Å². The zero-order valence-electron chi connectivity index (χ0n) is 15.7. The van der Waals surface area contributed by atoms with Crippen LogP contribution in [0.15, 0.2) is 54.7 Å². The van der Waals surface area contributed by atoms with Crippen LogP contribution in [0.4, 0.5) is 0 Å². The zero-order chi connectivity index (χ0) is 19.9. The van der Waals surface area contributed by atoms with Crippen LogP contribution in [0.3, 0.4) is 0 Å². The number of hydrogen-bond donors (Lipinski definition) is 1. The number of hydrogen-bond acceptors (Lipinski definition) is 6. The summed E-state index contributed by atoms with van der Waals surface area (Å²) in [4.78, 5) is 32.0. The molecule has 1 N–H and O–H groups in total. The predicted molar refractivity (Wildman–Crippen MR) is 105 cm³/mol. The molecule has 2 aliphatic heterocycles. The van der Waals surface area contributed by atoms with Gasteiger partial charge in [0.15, 0.2) is 5.54 Å². The minimum absolute atomic E-state index is 0.0958. The van der Waals surface area contributed by atoms with E-state index in [9.17, 15) is 14.7 Å². The molecule has 146 valence electrons. The Hall–Kier alpha value is -2.38. The van der Waals surface area contributed by atoms with Crippen molar-refractivity contribution in [2.24, 2.45) is 0 Å². The van der Waals surface area contributed by atoms with Crippen LogP contribution in [-0.2, 0) is 20.9 Å². The Morgan fingerprint density at radius 1 is 1.21 bits per heavy atom. The van der Waals surface area contributed by atoms with E-state index in [1.807, 2.05) is 56.3 Å². The molecule has 7 heteroatoms. The van der Waals surface area contributed by atoms with E-state index in [1.54, 1.807) is 12.3 Å². The van der Waals surface area contributed by atoms with Crippen LogP contribution in [0, 0.1) is 0 Å². The number of β-lactam (4-membered cyclic amide) rings is 1. The lowest BCUT2D eigenvalue weighted by atomic mass is 9.79. The van der Waals surface area contributed by atoms with E-state index in [0.29, 0.717) is 5.69 Å². The molecular formula is C21H22N2O4S. The van der Waals surface area contributed by atoms with Crippen molar-refractivity contribution in [3.63, 3.8) is 0 Å². The minimum Gasteiger partial charge on any atom is -0.459 e. The normalized spacial score (nSPS) is 27.8. The second kappa shape index (κ2) is 6.90. The van der Waals surface area contributed by atoms with E-state index >= 15 is 0 Å². The maximum atomic E-state index is 13.2. The second-order valence-corrected chi connectivity index (χ2v) is 9.28. The van der Waals surface area contributed by atoms with Gasteiger partial charge in [-0.3, -0.25) is 9.78 Å². The maximum absolute atomic E-state index is 13.2. The number of thioether (sulfide) groups is 1. The fourth-order valence-corrected chi connectivity index (χ4v) is 5.86. The Labute approximate surface area is 167 Å². The van der Waals surface area contributed by atoms with Crippen molar-refractivity contribution in [2.75, 3.05) is 6.61 Å². The molecule has 3 heterocycles.